The molecule has 1 N–H and O–H groups in total. The van der Waals surface area contributed by atoms with Gasteiger partial charge < -0.3 is 5.32 Å². The van der Waals surface area contributed by atoms with Gasteiger partial charge in [0.05, 0.1) is 0 Å². The van der Waals surface area contributed by atoms with Crippen molar-refractivity contribution in [3.63, 3.8) is 0 Å². The van der Waals surface area contributed by atoms with Crippen LogP contribution in [-0.4, -0.2) is 13.1 Å². The van der Waals surface area contributed by atoms with Gasteiger partial charge >= 0.3 is 0 Å². The van der Waals surface area contributed by atoms with E-state index in [2.05, 4.69) is 30.4 Å². The monoisotopic (exact) mass is 237 g/mol. The van der Waals surface area contributed by atoms with Crippen molar-refractivity contribution in [3.05, 3.63) is 34.3 Å². The van der Waals surface area contributed by atoms with Crippen LogP contribution in [0.5, 0.6) is 0 Å². The van der Waals surface area contributed by atoms with E-state index in [1.165, 1.54) is 49.9 Å². The largest absolute Gasteiger partial charge is 0.317 e. The smallest absolute Gasteiger partial charge is 0.0437 e. The molecule has 88 valence electrons. The molecule has 1 aromatic rings. The summed E-state index contributed by atoms with van der Waals surface area (Å²) in [5, 5.41) is 4.31. The summed E-state index contributed by atoms with van der Waals surface area (Å²) in [5.74, 6) is 0.904. The minimum Gasteiger partial charge on any atom is -0.317 e. The number of aryl methyl sites for hydroxylation is 2. The maximum absolute atomic E-state index is 6.13. The number of halogens is 1. The van der Waals surface area contributed by atoms with E-state index >= 15 is 0 Å². The van der Waals surface area contributed by atoms with E-state index in [4.69, 9.17) is 11.6 Å². The molecule has 0 amide bonds. The molecule has 0 saturated carbocycles. The molecular formula is C14H20ClN. The number of hydrogen-bond acceptors (Lipinski definition) is 1. The summed E-state index contributed by atoms with van der Waals surface area (Å²) in [5.41, 5.74) is 2.56. The Labute approximate surface area is 103 Å². The maximum Gasteiger partial charge on any atom is 0.0437 e. The fourth-order valence-corrected chi connectivity index (χ4v) is 2.54. The van der Waals surface area contributed by atoms with Gasteiger partial charge in [0.15, 0.2) is 0 Å². The second-order valence-corrected chi connectivity index (χ2v) is 5.22. The normalized spacial score (nSPS) is 17.6. The Hall–Kier alpha value is -0.530. The second-order valence-electron chi connectivity index (χ2n) is 4.82. The van der Waals surface area contributed by atoms with E-state index in [1.807, 2.05) is 0 Å². The van der Waals surface area contributed by atoms with E-state index in [0.29, 0.717) is 0 Å². The first-order chi connectivity index (χ1) is 7.75. The molecule has 2 heteroatoms. The van der Waals surface area contributed by atoms with Gasteiger partial charge in [0.2, 0.25) is 0 Å². The summed E-state index contributed by atoms with van der Waals surface area (Å²) in [6.45, 7) is 4.44. The second kappa shape index (κ2) is 5.70. The van der Waals surface area contributed by atoms with Gasteiger partial charge in [-0.25, -0.2) is 0 Å². The molecule has 0 radical (unpaired) electrons. The van der Waals surface area contributed by atoms with E-state index in [-0.39, 0.29) is 0 Å². The average Bonchev–Trinajstić information content (AvgIpc) is 2.32. The van der Waals surface area contributed by atoms with Crippen LogP contribution in [0, 0.1) is 12.8 Å². The molecule has 0 bridgehead atoms. The highest BCUT2D eigenvalue weighted by Gasteiger charge is 2.12. The predicted octanol–water partition coefficient (Wildman–Crippen LogP) is 3.58. The van der Waals surface area contributed by atoms with Crippen LogP contribution >= 0.6 is 11.6 Å². The van der Waals surface area contributed by atoms with E-state index in [9.17, 15) is 0 Å². The van der Waals surface area contributed by atoms with Crippen LogP contribution in [0.2, 0.25) is 5.02 Å². The van der Waals surface area contributed by atoms with E-state index < -0.39 is 0 Å². The highest BCUT2D eigenvalue weighted by Crippen LogP contribution is 2.21. The number of piperidine rings is 1. The lowest BCUT2D eigenvalue weighted by Gasteiger charge is -2.22. The fourth-order valence-electron chi connectivity index (χ4n) is 2.33. The van der Waals surface area contributed by atoms with Crippen molar-refractivity contribution in [2.75, 3.05) is 13.1 Å². The average molecular weight is 238 g/mol. The standard InChI is InChI=1S/C14H20ClN/c1-11-2-3-13(10-14(11)15)5-4-12-6-8-16-9-7-12/h2-3,10,12,16H,4-9H2,1H3. The Balaban J connectivity index is 1.86. The highest BCUT2D eigenvalue weighted by atomic mass is 35.5. The van der Waals surface area contributed by atoms with Gasteiger partial charge in [0.25, 0.3) is 0 Å². The molecule has 1 heterocycles. The molecule has 2 rings (SSSR count). The Kier molecular flexibility index (Phi) is 4.25. The zero-order valence-corrected chi connectivity index (χ0v) is 10.7. The van der Waals surface area contributed by atoms with Crippen molar-refractivity contribution in [2.45, 2.75) is 32.6 Å². The van der Waals surface area contributed by atoms with Crippen LogP contribution in [0.4, 0.5) is 0 Å². The quantitative estimate of drug-likeness (QED) is 0.848. The van der Waals surface area contributed by atoms with Crippen LogP contribution in [0.15, 0.2) is 18.2 Å². The first-order valence-corrected chi connectivity index (χ1v) is 6.59. The number of rotatable bonds is 3. The first-order valence-electron chi connectivity index (χ1n) is 6.21. The van der Waals surface area contributed by atoms with Crippen molar-refractivity contribution in [1.82, 2.24) is 5.32 Å². The SMILES string of the molecule is Cc1ccc(CCC2CCNCC2)cc1Cl. The minimum atomic E-state index is 0.904. The molecule has 0 aromatic heterocycles. The summed E-state index contributed by atoms with van der Waals surface area (Å²) in [4.78, 5) is 0. The van der Waals surface area contributed by atoms with Gasteiger partial charge in [-0.15, -0.1) is 0 Å². The molecule has 0 atom stereocenters. The zero-order valence-electron chi connectivity index (χ0n) is 9.93. The Morgan fingerprint density at radius 1 is 1.31 bits per heavy atom. The molecule has 1 fully saturated rings. The van der Waals surface area contributed by atoms with Crippen molar-refractivity contribution >= 4 is 11.6 Å². The van der Waals surface area contributed by atoms with Gasteiger partial charge in [-0.2, -0.15) is 0 Å². The first kappa shape index (κ1) is 11.9. The molecule has 0 unspecified atom stereocenters. The van der Waals surface area contributed by atoms with Crippen molar-refractivity contribution in [1.29, 1.82) is 0 Å². The van der Waals surface area contributed by atoms with Gasteiger partial charge in [0.1, 0.15) is 0 Å². The summed E-state index contributed by atoms with van der Waals surface area (Å²) in [7, 11) is 0. The summed E-state index contributed by atoms with van der Waals surface area (Å²) < 4.78 is 0. The molecule has 0 spiro atoms. The van der Waals surface area contributed by atoms with Crippen molar-refractivity contribution in [3.8, 4) is 0 Å². The third-order valence-corrected chi connectivity index (χ3v) is 3.94. The number of benzene rings is 1. The lowest BCUT2D eigenvalue weighted by Crippen LogP contribution is -2.27. The van der Waals surface area contributed by atoms with E-state index in [1.54, 1.807) is 0 Å². The topological polar surface area (TPSA) is 12.0 Å². The maximum atomic E-state index is 6.13. The van der Waals surface area contributed by atoms with Gasteiger partial charge in [0, 0.05) is 5.02 Å². The Morgan fingerprint density at radius 2 is 2.06 bits per heavy atom. The van der Waals surface area contributed by atoms with Gasteiger partial charge in [-0.3, -0.25) is 0 Å². The van der Waals surface area contributed by atoms with Crippen LogP contribution in [-0.2, 0) is 6.42 Å². The molecule has 1 aliphatic rings. The molecule has 1 saturated heterocycles. The zero-order chi connectivity index (χ0) is 11.4. The fraction of sp³-hybridized carbons (Fsp3) is 0.571. The third kappa shape index (κ3) is 3.23. The Bertz CT molecular complexity index is 343. The van der Waals surface area contributed by atoms with Gasteiger partial charge in [-0.1, -0.05) is 23.7 Å². The number of nitrogens with one attached hydrogen (secondary N) is 1. The minimum absolute atomic E-state index is 0.904. The van der Waals surface area contributed by atoms with Crippen LogP contribution in [0.25, 0.3) is 0 Å². The van der Waals surface area contributed by atoms with Crippen molar-refractivity contribution < 1.29 is 0 Å². The highest BCUT2D eigenvalue weighted by molar-refractivity contribution is 6.31. The Morgan fingerprint density at radius 3 is 2.75 bits per heavy atom. The summed E-state index contributed by atoms with van der Waals surface area (Å²) in [6, 6.07) is 6.46. The predicted molar refractivity (Wildman–Crippen MR) is 70.1 cm³/mol. The molecule has 16 heavy (non-hydrogen) atoms. The number of hydrogen-bond donors (Lipinski definition) is 1. The summed E-state index contributed by atoms with van der Waals surface area (Å²) in [6.07, 6.45) is 5.14. The molecule has 1 nitrogen and oxygen atoms in total. The van der Waals surface area contributed by atoms with Crippen LogP contribution in [0.1, 0.15) is 30.4 Å². The van der Waals surface area contributed by atoms with Gasteiger partial charge in [-0.05, 0) is 68.8 Å². The molecular weight excluding hydrogens is 218 g/mol. The van der Waals surface area contributed by atoms with E-state index in [0.717, 1.165) is 10.9 Å². The molecule has 0 aliphatic carbocycles. The summed E-state index contributed by atoms with van der Waals surface area (Å²) >= 11 is 6.13. The van der Waals surface area contributed by atoms with Crippen LogP contribution in [0.3, 0.4) is 0 Å². The lowest BCUT2D eigenvalue weighted by molar-refractivity contribution is 0.354. The third-order valence-electron chi connectivity index (χ3n) is 3.54. The van der Waals surface area contributed by atoms with Crippen LogP contribution < -0.4 is 5.32 Å². The van der Waals surface area contributed by atoms with Crippen molar-refractivity contribution in [2.24, 2.45) is 5.92 Å². The molecule has 1 aliphatic heterocycles. The molecule has 1 aromatic carbocycles. The lowest BCUT2D eigenvalue weighted by atomic mass is 9.91.